The number of nitrogen functional groups attached to an aromatic ring is 1. The van der Waals surface area contributed by atoms with Gasteiger partial charge >= 0.3 is 0 Å². The summed E-state index contributed by atoms with van der Waals surface area (Å²) < 4.78 is 0. The molecule has 0 fully saturated rings. The minimum atomic E-state index is -0.289. The Labute approximate surface area is 83.3 Å². The van der Waals surface area contributed by atoms with Crippen molar-refractivity contribution in [3.05, 3.63) is 10.4 Å². The van der Waals surface area contributed by atoms with Gasteiger partial charge in [0.15, 0.2) is 16.3 Å². The molecule has 2 aromatic heterocycles. The number of fused-ring (bicyclic) bond motifs is 1. The van der Waals surface area contributed by atoms with Crippen molar-refractivity contribution in [2.45, 2.75) is 12.1 Å². The van der Waals surface area contributed by atoms with Crippen molar-refractivity contribution in [1.82, 2.24) is 19.9 Å². The first-order valence-electron chi connectivity index (χ1n) is 4.09. The van der Waals surface area contributed by atoms with E-state index >= 15 is 0 Å². The molecule has 0 aliphatic rings. The van der Waals surface area contributed by atoms with Crippen LogP contribution in [0, 0.1) is 0 Å². The number of imidazole rings is 1. The van der Waals surface area contributed by atoms with E-state index in [2.05, 4.69) is 19.9 Å². The topological polar surface area (TPSA) is 100 Å². The third kappa shape index (κ3) is 1.46. The molecule has 14 heavy (non-hydrogen) atoms. The summed E-state index contributed by atoms with van der Waals surface area (Å²) in [6.45, 7) is 2.00. The zero-order chi connectivity index (χ0) is 10.1. The highest BCUT2D eigenvalue weighted by Crippen LogP contribution is 2.15. The molecule has 2 rings (SSSR count). The molecule has 0 saturated carbocycles. The van der Waals surface area contributed by atoms with Crippen LogP contribution in [0.15, 0.2) is 9.95 Å². The third-order valence-electron chi connectivity index (χ3n) is 1.64. The first kappa shape index (κ1) is 9.07. The van der Waals surface area contributed by atoms with E-state index in [1.165, 1.54) is 11.8 Å². The summed E-state index contributed by atoms with van der Waals surface area (Å²) >= 11 is 1.52. The molecule has 74 valence electrons. The predicted octanol–water partition coefficient (Wildman–Crippen LogP) is 0.340. The highest BCUT2D eigenvalue weighted by molar-refractivity contribution is 7.99. The van der Waals surface area contributed by atoms with Crippen LogP contribution in [0.25, 0.3) is 11.2 Å². The molecule has 0 amide bonds. The van der Waals surface area contributed by atoms with Gasteiger partial charge in [0.2, 0.25) is 5.95 Å². The highest BCUT2D eigenvalue weighted by Gasteiger charge is 2.07. The summed E-state index contributed by atoms with van der Waals surface area (Å²) in [7, 11) is 0. The molecule has 0 unspecified atom stereocenters. The average molecular weight is 211 g/mol. The Bertz CT molecular complexity index is 516. The highest BCUT2D eigenvalue weighted by atomic mass is 32.2. The van der Waals surface area contributed by atoms with Crippen molar-refractivity contribution in [2.24, 2.45) is 0 Å². The quantitative estimate of drug-likeness (QED) is 0.622. The number of H-pyrrole nitrogens is 2. The first-order chi connectivity index (χ1) is 6.70. The number of nitrogens with one attached hydrogen (secondary N) is 2. The molecule has 0 saturated heterocycles. The monoisotopic (exact) mass is 211 g/mol. The molecular formula is C7H9N5OS. The minimum Gasteiger partial charge on any atom is -0.369 e. The molecule has 6 nitrogen and oxygen atoms in total. The van der Waals surface area contributed by atoms with E-state index in [0.717, 1.165) is 5.75 Å². The van der Waals surface area contributed by atoms with Crippen molar-refractivity contribution < 1.29 is 0 Å². The van der Waals surface area contributed by atoms with Crippen molar-refractivity contribution in [3.63, 3.8) is 0 Å². The fourth-order valence-electron chi connectivity index (χ4n) is 1.11. The Kier molecular flexibility index (Phi) is 2.16. The zero-order valence-electron chi connectivity index (χ0n) is 7.50. The number of nitrogens with two attached hydrogens (primary N) is 1. The third-order valence-corrected chi connectivity index (χ3v) is 2.39. The number of hydrogen-bond acceptors (Lipinski definition) is 5. The fourth-order valence-corrected chi connectivity index (χ4v) is 1.71. The second-order valence-electron chi connectivity index (χ2n) is 2.62. The van der Waals surface area contributed by atoms with Crippen LogP contribution in [0.1, 0.15) is 6.92 Å². The number of aromatic nitrogens is 4. The molecule has 0 aliphatic carbocycles. The molecule has 7 heteroatoms. The number of aromatic amines is 2. The lowest BCUT2D eigenvalue weighted by molar-refractivity contribution is 1.07. The molecule has 0 atom stereocenters. The Balaban J connectivity index is 2.65. The van der Waals surface area contributed by atoms with Crippen molar-refractivity contribution in [3.8, 4) is 0 Å². The average Bonchev–Trinajstić information content (AvgIpc) is 2.48. The maximum absolute atomic E-state index is 11.4. The molecule has 0 aliphatic heterocycles. The van der Waals surface area contributed by atoms with Crippen LogP contribution in [0.5, 0.6) is 0 Å². The molecule has 0 aromatic carbocycles. The lowest BCUT2D eigenvalue weighted by Crippen LogP contribution is -2.10. The van der Waals surface area contributed by atoms with Crippen molar-refractivity contribution in [1.29, 1.82) is 0 Å². The lowest BCUT2D eigenvalue weighted by Gasteiger charge is -1.89. The zero-order valence-corrected chi connectivity index (χ0v) is 8.31. The fraction of sp³-hybridized carbons (Fsp3) is 0.286. The first-order valence-corrected chi connectivity index (χ1v) is 5.07. The smallest absolute Gasteiger partial charge is 0.278 e. The molecule has 0 bridgehead atoms. The van der Waals surface area contributed by atoms with Gasteiger partial charge in [0.25, 0.3) is 5.56 Å². The van der Waals surface area contributed by atoms with Gasteiger partial charge in [0.05, 0.1) is 0 Å². The van der Waals surface area contributed by atoms with Crippen LogP contribution >= 0.6 is 11.8 Å². The van der Waals surface area contributed by atoms with E-state index in [-0.39, 0.29) is 11.5 Å². The molecule has 4 N–H and O–H groups in total. The maximum atomic E-state index is 11.4. The maximum Gasteiger partial charge on any atom is 0.278 e. The normalized spacial score (nSPS) is 10.9. The largest absolute Gasteiger partial charge is 0.369 e. The van der Waals surface area contributed by atoms with Gasteiger partial charge in [-0.05, 0) is 5.75 Å². The number of anilines is 1. The summed E-state index contributed by atoms with van der Waals surface area (Å²) in [4.78, 5) is 24.7. The second-order valence-corrected chi connectivity index (χ2v) is 3.88. The number of nitrogens with zero attached hydrogens (tertiary/aromatic N) is 2. The van der Waals surface area contributed by atoms with Crippen molar-refractivity contribution in [2.75, 3.05) is 11.5 Å². The summed E-state index contributed by atoms with van der Waals surface area (Å²) in [6.07, 6.45) is 0. The van der Waals surface area contributed by atoms with Gasteiger partial charge in [-0.2, -0.15) is 4.98 Å². The molecule has 0 spiro atoms. The number of hydrogen-bond donors (Lipinski definition) is 3. The van der Waals surface area contributed by atoms with Crippen LogP contribution < -0.4 is 11.3 Å². The molecular weight excluding hydrogens is 202 g/mol. The standard InChI is InChI=1S/C7H9N5OS/c1-2-14-7-9-3-4(11-7)10-6(8)12-5(3)13/h2H2,1H3,(H4,8,9,10,11,12,13). The van der Waals surface area contributed by atoms with E-state index in [4.69, 9.17) is 5.73 Å². The van der Waals surface area contributed by atoms with Crippen LogP contribution in [0.3, 0.4) is 0 Å². The molecule has 2 aromatic rings. The van der Waals surface area contributed by atoms with E-state index in [1.54, 1.807) is 0 Å². The Morgan fingerprint density at radius 2 is 2.21 bits per heavy atom. The van der Waals surface area contributed by atoms with Gasteiger partial charge in [-0.3, -0.25) is 9.78 Å². The molecule has 0 radical (unpaired) electrons. The van der Waals surface area contributed by atoms with Crippen LogP contribution in [0.2, 0.25) is 0 Å². The predicted molar refractivity (Wildman–Crippen MR) is 55.3 cm³/mol. The van der Waals surface area contributed by atoms with Gasteiger partial charge in [-0.25, -0.2) is 4.98 Å². The summed E-state index contributed by atoms with van der Waals surface area (Å²) in [5, 5.41) is 0.686. The van der Waals surface area contributed by atoms with E-state index in [0.29, 0.717) is 16.3 Å². The Morgan fingerprint density at radius 3 is 2.93 bits per heavy atom. The Morgan fingerprint density at radius 1 is 1.43 bits per heavy atom. The minimum absolute atomic E-state index is 0.0852. The van der Waals surface area contributed by atoms with Gasteiger partial charge in [0, 0.05) is 0 Å². The SMILES string of the molecule is CCSc1nc2nc(N)[nH]c(=O)c2[nH]1. The van der Waals surface area contributed by atoms with Crippen LogP contribution in [-0.4, -0.2) is 25.7 Å². The summed E-state index contributed by atoms with van der Waals surface area (Å²) in [6, 6.07) is 0. The van der Waals surface area contributed by atoms with E-state index in [9.17, 15) is 4.79 Å². The van der Waals surface area contributed by atoms with Crippen LogP contribution in [-0.2, 0) is 0 Å². The van der Waals surface area contributed by atoms with Gasteiger partial charge in [-0.15, -0.1) is 0 Å². The van der Waals surface area contributed by atoms with E-state index < -0.39 is 0 Å². The number of thioether (sulfide) groups is 1. The number of rotatable bonds is 2. The summed E-state index contributed by atoms with van der Waals surface area (Å²) in [5.41, 5.74) is 5.83. The van der Waals surface area contributed by atoms with E-state index in [1.807, 2.05) is 6.92 Å². The Hall–Kier alpha value is -1.50. The second kappa shape index (κ2) is 3.33. The summed E-state index contributed by atoms with van der Waals surface area (Å²) in [5.74, 6) is 0.967. The van der Waals surface area contributed by atoms with Gasteiger partial charge in [0.1, 0.15) is 0 Å². The molecule has 2 heterocycles. The van der Waals surface area contributed by atoms with Crippen molar-refractivity contribution >= 4 is 28.9 Å². The van der Waals surface area contributed by atoms with Crippen LogP contribution in [0.4, 0.5) is 5.95 Å². The van der Waals surface area contributed by atoms with Gasteiger partial charge < -0.3 is 10.7 Å². The van der Waals surface area contributed by atoms with Gasteiger partial charge in [-0.1, -0.05) is 18.7 Å². The lowest BCUT2D eigenvalue weighted by atomic mass is 10.5.